The number of carbonyl (C=O) groups excluding carboxylic acids is 2. The highest BCUT2D eigenvalue weighted by molar-refractivity contribution is 5.85. The lowest BCUT2D eigenvalue weighted by Crippen LogP contribution is -2.34. The Balaban J connectivity index is 2.64. The van der Waals surface area contributed by atoms with Gasteiger partial charge in [-0.25, -0.2) is 4.79 Å². The highest BCUT2D eigenvalue weighted by atomic mass is 16.5. The van der Waals surface area contributed by atoms with Crippen LogP contribution in [0, 0.1) is 23.7 Å². The molecule has 6 unspecified atom stereocenters. The summed E-state index contributed by atoms with van der Waals surface area (Å²) in [5, 5.41) is 10.7. The smallest absolute Gasteiger partial charge is 0.331 e. The number of esters is 1. The molecule has 1 aliphatic rings. The molecule has 0 spiro atoms. The molecule has 36 heavy (non-hydrogen) atoms. The molecule has 200 valence electrons. The first-order chi connectivity index (χ1) is 17.0. The van der Waals surface area contributed by atoms with Crippen molar-refractivity contribution in [2.45, 2.75) is 93.3 Å². The number of carbonyl (C=O) groups is 2. The van der Waals surface area contributed by atoms with Gasteiger partial charge in [0.05, 0.1) is 6.10 Å². The summed E-state index contributed by atoms with van der Waals surface area (Å²) in [5.41, 5.74) is 3.50. The summed E-state index contributed by atoms with van der Waals surface area (Å²) in [5.74, 6) is -0.438. The van der Waals surface area contributed by atoms with Gasteiger partial charge in [-0.15, -0.1) is 0 Å². The summed E-state index contributed by atoms with van der Waals surface area (Å²) < 4.78 is 5.29. The maximum absolute atomic E-state index is 12.9. The van der Waals surface area contributed by atoms with Crippen molar-refractivity contribution in [2.75, 3.05) is 0 Å². The van der Waals surface area contributed by atoms with Gasteiger partial charge < -0.3 is 9.84 Å². The first kappa shape index (κ1) is 31.6. The molecule has 1 heterocycles. The second-order valence-electron chi connectivity index (χ2n) is 10.4. The quantitative estimate of drug-likeness (QED) is 0.154. The van der Waals surface area contributed by atoms with Gasteiger partial charge in [0.15, 0.2) is 0 Å². The van der Waals surface area contributed by atoms with E-state index in [2.05, 4.69) is 51.2 Å². The third kappa shape index (κ3) is 11.5. The fourth-order valence-electron chi connectivity index (χ4n) is 4.43. The van der Waals surface area contributed by atoms with Crippen molar-refractivity contribution in [2.24, 2.45) is 23.7 Å². The van der Waals surface area contributed by atoms with E-state index in [0.717, 1.165) is 31.3 Å². The first-order valence-corrected chi connectivity index (χ1v) is 13.4. The molecule has 0 saturated heterocycles. The Hall–Kier alpha value is -2.46. The number of aliphatic hydroxyl groups excluding tert-OH is 1. The average Bonchev–Trinajstić information content (AvgIpc) is 2.84. The van der Waals surface area contributed by atoms with Crippen LogP contribution in [-0.4, -0.2) is 29.1 Å². The predicted octanol–water partition coefficient (Wildman–Crippen LogP) is 7.47. The predicted molar refractivity (Wildman–Crippen MR) is 150 cm³/mol. The van der Waals surface area contributed by atoms with Crippen LogP contribution in [0.25, 0.3) is 0 Å². The molecule has 0 saturated carbocycles. The number of ketones is 1. The van der Waals surface area contributed by atoms with Crippen LogP contribution in [0.15, 0.2) is 71.4 Å². The van der Waals surface area contributed by atoms with Gasteiger partial charge in [-0.2, -0.15) is 0 Å². The van der Waals surface area contributed by atoms with Crippen LogP contribution in [0.5, 0.6) is 0 Å². The number of rotatable bonds is 14. The molecule has 0 aromatic rings. The number of hydrogen-bond donors (Lipinski definition) is 1. The number of hydrogen-bond acceptors (Lipinski definition) is 4. The number of aliphatic hydroxyl groups is 1. The topological polar surface area (TPSA) is 63.6 Å². The van der Waals surface area contributed by atoms with Crippen molar-refractivity contribution >= 4 is 11.8 Å². The Morgan fingerprint density at radius 2 is 1.86 bits per heavy atom. The van der Waals surface area contributed by atoms with Gasteiger partial charge in [-0.1, -0.05) is 93.9 Å². The largest absolute Gasteiger partial charge is 0.455 e. The summed E-state index contributed by atoms with van der Waals surface area (Å²) in [6.45, 7) is 16.1. The molecule has 0 fully saturated rings. The summed E-state index contributed by atoms with van der Waals surface area (Å²) in [6.07, 6.45) is 20.4. The average molecular weight is 497 g/mol. The number of allylic oxidation sites excluding steroid dienone is 9. The van der Waals surface area contributed by atoms with Crippen molar-refractivity contribution in [1.82, 2.24) is 0 Å². The molecule has 1 rings (SSSR count). The van der Waals surface area contributed by atoms with Crippen molar-refractivity contribution in [3.63, 3.8) is 0 Å². The molecule has 6 atom stereocenters. The lowest BCUT2D eigenvalue weighted by Gasteiger charge is -2.25. The van der Waals surface area contributed by atoms with E-state index in [-0.39, 0.29) is 29.7 Å². The second kappa shape index (κ2) is 16.3. The van der Waals surface area contributed by atoms with Crippen LogP contribution in [0.1, 0.15) is 81.1 Å². The van der Waals surface area contributed by atoms with Gasteiger partial charge in [-0.05, 0) is 57.9 Å². The third-order valence-electron chi connectivity index (χ3n) is 6.85. The van der Waals surface area contributed by atoms with E-state index in [4.69, 9.17) is 4.74 Å². The highest BCUT2D eigenvalue weighted by Gasteiger charge is 2.29. The molecule has 1 N–H and O–H groups in total. The minimum absolute atomic E-state index is 0.0456. The maximum Gasteiger partial charge on any atom is 0.331 e. The van der Waals surface area contributed by atoms with Gasteiger partial charge in [0.2, 0.25) is 0 Å². The second-order valence-corrected chi connectivity index (χ2v) is 10.4. The third-order valence-corrected chi connectivity index (χ3v) is 6.85. The van der Waals surface area contributed by atoms with E-state index in [0.29, 0.717) is 5.92 Å². The fourth-order valence-corrected chi connectivity index (χ4v) is 4.43. The van der Waals surface area contributed by atoms with E-state index in [9.17, 15) is 14.7 Å². The van der Waals surface area contributed by atoms with Crippen molar-refractivity contribution in [3.05, 3.63) is 71.4 Å². The molecule has 0 aliphatic carbocycles. The number of ether oxygens (including phenoxy) is 1. The zero-order valence-electron chi connectivity index (χ0n) is 23.7. The normalized spacial score (nSPS) is 22.0. The maximum atomic E-state index is 12.9. The molecule has 0 aromatic carbocycles. The van der Waals surface area contributed by atoms with Crippen molar-refractivity contribution in [1.29, 1.82) is 0 Å². The summed E-state index contributed by atoms with van der Waals surface area (Å²) in [6, 6.07) is 0. The van der Waals surface area contributed by atoms with Gasteiger partial charge in [0, 0.05) is 24.3 Å². The number of Topliss-reactive ketones (excluding diaryl/α,β-unsaturated/α-hetero) is 1. The van der Waals surface area contributed by atoms with Gasteiger partial charge in [0.1, 0.15) is 11.9 Å². The Labute approximate surface area is 219 Å². The summed E-state index contributed by atoms with van der Waals surface area (Å²) in [4.78, 5) is 24.3. The summed E-state index contributed by atoms with van der Waals surface area (Å²) in [7, 11) is 0. The van der Waals surface area contributed by atoms with E-state index in [1.54, 1.807) is 0 Å². The fraction of sp³-hybridized carbons (Fsp3) is 0.562. The SMILES string of the molecule is C/C=C(\C)CC(C)C(O)C(C)C(=O)C(C)/C=C(C)/C=C/CC(C)/C=C(/C=C/C1CC=CC(=O)O1)CC. The van der Waals surface area contributed by atoms with E-state index >= 15 is 0 Å². The Morgan fingerprint density at radius 3 is 2.47 bits per heavy atom. The first-order valence-electron chi connectivity index (χ1n) is 13.4. The van der Waals surface area contributed by atoms with E-state index in [1.165, 1.54) is 17.2 Å². The van der Waals surface area contributed by atoms with Crippen LogP contribution in [0.4, 0.5) is 0 Å². The molecule has 0 bridgehead atoms. The minimum Gasteiger partial charge on any atom is -0.455 e. The minimum atomic E-state index is -0.643. The van der Waals surface area contributed by atoms with Crippen LogP contribution < -0.4 is 0 Å². The van der Waals surface area contributed by atoms with Crippen LogP contribution >= 0.6 is 0 Å². The van der Waals surface area contributed by atoms with Crippen molar-refractivity contribution < 1.29 is 19.4 Å². The molecule has 0 radical (unpaired) electrons. The Kier molecular flexibility index (Phi) is 14.3. The van der Waals surface area contributed by atoms with Gasteiger partial charge in [0.25, 0.3) is 0 Å². The van der Waals surface area contributed by atoms with E-state index < -0.39 is 12.0 Å². The number of cyclic esters (lactones) is 1. The molecule has 1 aliphatic heterocycles. The van der Waals surface area contributed by atoms with Crippen molar-refractivity contribution in [3.8, 4) is 0 Å². The summed E-state index contributed by atoms with van der Waals surface area (Å²) >= 11 is 0. The molecular formula is C32H48O4. The molecule has 0 amide bonds. The standard InChI is InChI=1S/C32H48O4/c1-9-22(3)19-25(6)31(34)27(8)32(35)26(7)20-23(4)13-11-14-24(5)21-28(10-2)17-18-29-15-12-16-30(33)36-29/h9,11-13,16-18,20-21,24-27,29,31,34H,10,14-15,19H2,1-8H3/b13-11+,18-17+,22-9+,23-20+,28-21+. The monoisotopic (exact) mass is 496 g/mol. The zero-order chi connectivity index (χ0) is 27.3. The molecule has 4 heteroatoms. The lowest BCUT2D eigenvalue weighted by molar-refractivity contribution is -0.141. The van der Waals surface area contributed by atoms with Gasteiger partial charge in [-0.3, -0.25) is 4.79 Å². The van der Waals surface area contributed by atoms with Crippen LogP contribution in [0.2, 0.25) is 0 Å². The molecular weight excluding hydrogens is 448 g/mol. The highest BCUT2D eigenvalue weighted by Crippen LogP contribution is 2.24. The van der Waals surface area contributed by atoms with Gasteiger partial charge >= 0.3 is 5.97 Å². The van der Waals surface area contributed by atoms with Crippen LogP contribution in [-0.2, 0) is 14.3 Å². The zero-order valence-corrected chi connectivity index (χ0v) is 23.7. The molecule has 4 nitrogen and oxygen atoms in total. The molecule has 0 aromatic heterocycles. The Morgan fingerprint density at radius 1 is 1.17 bits per heavy atom. The lowest BCUT2D eigenvalue weighted by atomic mass is 9.83. The van der Waals surface area contributed by atoms with E-state index in [1.807, 2.05) is 52.8 Å². The van der Waals surface area contributed by atoms with Crippen LogP contribution in [0.3, 0.4) is 0 Å². The Bertz CT molecular complexity index is 899.